The summed E-state index contributed by atoms with van der Waals surface area (Å²) in [5, 5.41) is 39.4. The van der Waals surface area contributed by atoms with Crippen molar-refractivity contribution in [1.29, 1.82) is 0 Å². The highest BCUT2D eigenvalue weighted by molar-refractivity contribution is 6.41. The van der Waals surface area contributed by atoms with Crippen LogP contribution in [0.5, 0.6) is 0 Å². The van der Waals surface area contributed by atoms with E-state index in [4.69, 9.17) is 20.4 Å². The highest BCUT2D eigenvalue weighted by Crippen LogP contribution is 2.37. The van der Waals surface area contributed by atoms with Gasteiger partial charge in [0.15, 0.2) is 0 Å². The Balaban J connectivity index is 1.62. The standard InChI is InChI=1S/C23H26B2O5/c1-2-13-4-5-14(22-21(29)20(28)19(27)18(11-26)30-22)9-15(13)7-12-3-6-17-16(8-12)10-23(17,24)25/h3-6,8-9,18-22,26-29H,2,7,10-11H2,1H3/t18-,19-,20+,21-,22+/m1/s1. The number of aliphatic hydroxyl groups excluding tert-OH is 4. The first kappa shape index (κ1) is 21.6. The molecule has 0 amide bonds. The third kappa shape index (κ3) is 3.74. The molecule has 4 radical (unpaired) electrons. The Morgan fingerprint density at radius 3 is 2.40 bits per heavy atom. The fraction of sp³-hybridized carbons (Fsp3) is 0.478. The molecule has 1 aliphatic heterocycles. The predicted octanol–water partition coefficient (Wildman–Crippen LogP) is 0.401. The van der Waals surface area contributed by atoms with E-state index in [1.807, 2.05) is 30.3 Å². The molecular weight excluding hydrogens is 378 g/mol. The number of hydrogen-bond donors (Lipinski definition) is 4. The van der Waals surface area contributed by atoms with Gasteiger partial charge in [-0.15, -0.1) is 0 Å². The molecule has 1 saturated heterocycles. The lowest BCUT2D eigenvalue weighted by atomic mass is 9.42. The van der Waals surface area contributed by atoms with Gasteiger partial charge in [-0.2, -0.15) is 0 Å². The van der Waals surface area contributed by atoms with Gasteiger partial charge in [0.05, 0.1) is 22.3 Å². The third-order valence-electron chi connectivity index (χ3n) is 6.38. The fourth-order valence-corrected chi connectivity index (χ4v) is 4.59. The summed E-state index contributed by atoms with van der Waals surface area (Å²) in [4.78, 5) is 0. The minimum atomic E-state index is -1.39. The Labute approximate surface area is 179 Å². The van der Waals surface area contributed by atoms with E-state index >= 15 is 0 Å². The Hall–Kier alpha value is -1.63. The molecule has 30 heavy (non-hydrogen) atoms. The lowest BCUT2D eigenvalue weighted by Crippen LogP contribution is -2.55. The van der Waals surface area contributed by atoms with Crippen molar-refractivity contribution in [3.8, 4) is 0 Å². The van der Waals surface area contributed by atoms with Gasteiger partial charge >= 0.3 is 0 Å². The van der Waals surface area contributed by atoms with Gasteiger partial charge in [-0.25, -0.2) is 0 Å². The summed E-state index contributed by atoms with van der Waals surface area (Å²) in [6, 6.07) is 12.0. The van der Waals surface area contributed by atoms with Crippen LogP contribution in [0.3, 0.4) is 0 Å². The van der Waals surface area contributed by atoms with Crippen LogP contribution in [0.2, 0.25) is 0 Å². The van der Waals surface area contributed by atoms with Crippen LogP contribution >= 0.6 is 0 Å². The molecule has 0 bridgehead atoms. The molecule has 5 atom stereocenters. The van der Waals surface area contributed by atoms with Crippen LogP contribution in [0.4, 0.5) is 0 Å². The van der Waals surface area contributed by atoms with Gasteiger partial charge in [0, 0.05) is 0 Å². The van der Waals surface area contributed by atoms with Crippen molar-refractivity contribution in [2.75, 3.05) is 6.61 Å². The molecule has 7 heteroatoms. The quantitative estimate of drug-likeness (QED) is 0.542. The summed E-state index contributed by atoms with van der Waals surface area (Å²) in [7, 11) is 12.0. The molecule has 0 unspecified atom stereocenters. The average molecular weight is 404 g/mol. The summed E-state index contributed by atoms with van der Waals surface area (Å²) >= 11 is 0. The molecule has 1 heterocycles. The van der Waals surface area contributed by atoms with Gasteiger partial charge in [-0.05, 0) is 47.1 Å². The van der Waals surface area contributed by atoms with E-state index in [1.54, 1.807) is 0 Å². The van der Waals surface area contributed by atoms with Crippen molar-refractivity contribution in [1.82, 2.24) is 0 Å². The van der Waals surface area contributed by atoms with Gasteiger partial charge < -0.3 is 25.2 Å². The minimum absolute atomic E-state index is 0.444. The maximum absolute atomic E-state index is 10.5. The Kier molecular flexibility index (Phi) is 5.86. The highest BCUT2D eigenvalue weighted by atomic mass is 16.5. The molecule has 0 aromatic heterocycles. The van der Waals surface area contributed by atoms with Crippen molar-refractivity contribution >= 4 is 15.7 Å². The summed E-state index contributed by atoms with van der Waals surface area (Å²) in [6.07, 6.45) is -3.61. The minimum Gasteiger partial charge on any atom is -0.394 e. The van der Waals surface area contributed by atoms with Crippen molar-refractivity contribution in [2.24, 2.45) is 0 Å². The number of aryl methyl sites for hydroxylation is 1. The van der Waals surface area contributed by atoms with Crippen LogP contribution in [-0.4, -0.2) is 67.1 Å². The first-order valence-electron chi connectivity index (χ1n) is 10.4. The second-order valence-electron chi connectivity index (χ2n) is 8.52. The molecule has 154 valence electrons. The number of aliphatic hydroxyl groups is 4. The van der Waals surface area contributed by atoms with Gasteiger partial charge in [0.2, 0.25) is 0 Å². The number of ether oxygens (including phenoxy) is 1. The van der Waals surface area contributed by atoms with Crippen LogP contribution in [0.15, 0.2) is 36.4 Å². The molecule has 4 N–H and O–H groups in total. The van der Waals surface area contributed by atoms with Gasteiger partial charge in [0.1, 0.15) is 30.5 Å². The van der Waals surface area contributed by atoms with Gasteiger partial charge in [-0.3, -0.25) is 0 Å². The molecule has 1 fully saturated rings. The molecular formula is C23H26B2O5. The van der Waals surface area contributed by atoms with E-state index in [-0.39, 0.29) is 0 Å². The second-order valence-corrected chi connectivity index (χ2v) is 8.52. The van der Waals surface area contributed by atoms with Crippen LogP contribution < -0.4 is 0 Å². The first-order chi connectivity index (χ1) is 14.2. The molecule has 5 nitrogen and oxygen atoms in total. The SMILES string of the molecule is [B]C1([B])Cc2cc(Cc3cc([C@@H]4O[C@H](CO)[C@@H](O)[C@H](O)[C@H]4O)ccc3CC)ccc21. The Morgan fingerprint density at radius 1 is 1.00 bits per heavy atom. The lowest BCUT2D eigenvalue weighted by Gasteiger charge is -2.40. The first-order valence-corrected chi connectivity index (χ1v) is 10.4. The summed E-state index contributed by atoms with van der Waals surface area (Å²) in [5.41, 5.74) is 6.27. The molecule has 2 aromatic carbocycles. The van der Waals surface area contributed by atoms with E-state index in [1.165, 1.54) is 11.1 Å². The topological polar surface area (TPSA) is 90.2 Å². The van der Waals surface area contributed by atoms with Crippen molar-refractivity contribution in [3.05, 3.63) is 69.8 Å². The van der Waals surface area contributed by atoms with Crippen LogP contribution in [0.1, 0.15) is 46.4 Å². The monoisotopic (exact) mass is 404 g/mol. The zero-order valence-corrected chi connectivity index (χ0v) is 17.0. The normalized spacial score (nSPS) is 29.8. The van der Waals surface area contributed by atoms with Crippen molar-refractivity contribution in [2.45, 2.75) is 61.9 Å². The molecule has 2 aromatic rings. The van der Waals surface area contributed by atoms with Gasteiger partial charge in [-0.1, -0.05) is 54.1 Å². The summed E-state index contributed by atoms with van der Waals surface area (Å²) < 4.78 is 5.72. The van der Waals surface area contributed by atoms with E-state index in [2.05, 4.69) is 13.0 Å². The van der Waals surface area contributed by atoms with E-state index in [0.29, 0.717) is 18.4 Å². The fourth-order valence-electron chi connectivity index (χ4n) is 4.59. The van der Waals surface area contributed by atoms with E-state index in [9.17, 15) is 20.4 Å². The maximum atomic E-state index is 10.5. The van der Waals surface area contributed by atoms with Crippen molar-refractivity contribution < 1.29 is 25.2 Å². The van der Waals surface area contributed by atoms with Crippen molar-refractivity contribution in [3.63, 3.8) is 0 Å². The van der Waals surface area contributed by atoms with E-state index < -0.39 is 42.3 Å². The predicted molar refractivity (Wildman–Crippen MR) is 115 cm³/mol. The summed E-state index contributed by atoms with van der Waals surface area (Å²) in [6.45, 7) is 1.64. The van der Waals surface area contributed by atoms with Crippen LogP contribution in [0, 0.1) is 0 Å². The highest BCUT2D eigenvalue weighted by Gasteiger charge is 2.44. The molecule has 2 aliphatic rings. The number of hydrogen-bond acceptors (Lipinski definition) is 5. The zero-order chi connectivity index (χ0) is 21.6. The second kappa shape index (κ2) is 8.13. The molecule has 0 saturated carbocycles. The number of benzene rings is 2. The summed E-state index contributed by atoms with van der Waals surface area (Å²) in [5.74, 6) is 0. The Morgan fingerprint density at radius 2 is 1.77 bits per heavy atom. The maximum Gasteiger partial charge on any atom is 0.113 e. The molecule has 4 rings (SSSR count). The molecule has 0 spiro atoms. The average Bonchev–Trinajstić information content (AvgIpc) is 2.71. The number of rotatable bonds is 5. The van der Waals surface area contributed by atoms with Crippen LogP contribution in [0.25, 0.3) is 0 Å². The Bertz CT molecular complexity index is 930. The van der Waals surface area contributed by atoms with Gasteiger partial charge in [0.25, 0.3) is 0 Å². The zero-order valence-electron chi connectivity index (χ0n) is 17.0. The lowest BCUT2D eigenvalue weighted by molar-refractivity contribution is -0.231. The van der Waals surface area contributed by atoms with Crippen LogP contribution in [-0.2, 0) is 29.2 Å². The molecule has 1 aliphatic carbocycles. The number of fused-ring (bicyclic) bond motifs is 1. The largest absolute Gasteiger partial charge is 0.394 e. The third-order valence-corrected chi connectivity index (χ3v) is 6.38. The van der Waals surface area contributed by atoms with E-state index in [0.717, 1.165) is 23.1 Å². The smallest absolute Gasteiger partial charge is 0.113 e.